The highest BCUT2D eigenvalue weighted by atomic mass is 16.5. The summed E-state index contributed by atoms with van der Waals surface area (Å²) in [6.45, 7) is 7.62. The van der Waals surface area contributed by atoms with E-state index in [0.29, 0.717) is 36.8 Å². The number of nitrogens with zero attached hydrogens (tertiary/aromatic N) is 3. The largest absolute Gasteiger partial charge is 0.462 e. The summed E-state index contributed by atoms with van der Waals surface area (Å²) in [7, 11) is 0. The van der Waals surface area contributed by atoms with E-state index in [-0.39, 0.29) is 11.9 Å². The Bertz CT molecular complexity index is 739. The molecule has 7 nitrogen and oxygen atoms in total. The van der Waals surface area contributed by atoms with E-state index in [1.165, 1.54) is 0 Å². The van der Waals surface area contributed by atoms with E-state index < -0.39 is 0 Å². The Balaban J connectivity index is 2.02. The van der Waals surface area contributed by atoms with Gasteiger partial charge in [0.2, 0.25) is 0 Å². The van der Waals surface area contributed by atoms with Crippen molar-refractivity contribution in [3.05, 3.63) is 47.7 Å². The first-order valence-electron chi connectivity index (χ1n) is 9.26. The van der Waals surface area contributed by atoms with Crippen molar-refractivity contribution in [1.82, 2.24) is 15.1 Å². The summed E-state index contributed by atoms with van der Waals surface area (Å²) in [5.41, 5.74) is 1.58. The number of benzene rings is 1. The molecule has 0 unspecified atom stereocenters. The van der Waals surface area contributed by atoms with Gasteiger partial charge >= 0.3 is 5.97 Å². The maximum absolute atomic E-state index is 12.5. The number of aromatic nitrogens is 2. The Hall–Kier alpha value is -2.96. The molecule has 0 atom stereocenters. The molecule has 0 bridgehead atoms. The van der Waals surface area contributed by atoms with Gasteiger partial charge in [-0.05, 0) is 56.2 Å². The lowest BCUT2D eigenvalue weighted by atomic mass is 10.2. The van der Waals surface area contributed by atoms with Gasteiger partial charge in [-0.1, -0.05) is 13.8 Å². The van der Waals surface area contributed by atoms with Gasteiger partial charge in [-0.2, -0.15) is 0 Å². The number of hydrogen-bond acceptors (Lipinski definition) is 6. The molecule has 0 spiro atoms. The van der Waals surface area contributed by atoms with Crippen LogP contribution in [0.2, 0.25) is 0 Å². The molecule has 0 radical (unpaired) electrons. The molecule has 27 heavy (non-hydrogen) atoms. The number of esters is 1. The number of ether oxygens (including phenoxy) is 1. The van der Waals surface area contributed by atoms with Crippen LogP contribution in [0.3, 0.4) is 0 Å². The second-order valence-electron chi connectivity index (χ2n) is 6.02. The molecule has 0 saturated carbocycles. The second-order valence-corrected chi connectivity index (χ2v) is 6.02. The van der Waals surface area contributed by atoms with Crippen LogP contribution in [0.25, 0.3) is 0 Å². The van der Waals surface area contributed by atoms with Gasteiger partial charge < -0.3 is 15.0 Å². The highest BCUT2D eigenvalue weighted by Crippen LogP contribution is 2.16. The molecule has 2 rings (SSSR count). The highest BCUT2D eigenvalue weighted by molar-refractivity contribution is 5.92. The summed E-state index contributed by atoms with van der Waals surface area (Å²) in [6.07, 6.45) is 1.81. The predicted molar refractivity (Wildman–Crippen MR) is 104 cm³/mol. The fraction of sp³-hybridized carbons (Fsp3) is 0.400. The van der Waals surface area contributed by atoms with E-state index in [0.717, 1.165) is 18.5 Å². The summed E-state index contributed by atoms with van der Waals surface area (Å²) < 4.78 is 4.96. The maximum atomic E-state index is 12.5. The minimum absolute atomic E-state index is 0.100. The number of carbonyl (C=O) groups excluding carboxylic acids is 2. The van der Waals surface area contributed by atoms with Crippen LogP contribution in [0.15, 0.2) is 36.4 Å². The van der Waals surface area contributed by atoms with E-state index in [2.05, 4.69) is 15.5 Å². The molecule has 0 aliphatic carbocycles. The van der Waals surface area contributed by atoms with Gasteiger partial charge in [-0.3, -0.25) is 4.79 Å². The molecule has 2 aromatic rings. The molecule has 0 aliphatic rings. The molecule has 0 fully saturated rings. The summed E-state index contributed by atoms with van der Waals surface area (Å²) in [6, 6.07) is 10.3. The molecule has 1 N–H and O–H groups in total. The monoisotopic (exact) mass is 370 g/mol. The van der Waals surface area contributed by atoms with Gasteiger partial charge in [0, 0.05) is 18.8 Å². The minimum Gasteiger partial charge on any atom is -0.462 e. The molecule has 1 amide bonds. The molecule has 7 heteroatoms. The summed E-state index contributed by atoms with van der Waals surface area (Å²) >= 11 is 0. The molecule has 1 aromatic carbocycles. The Morgan fingerprint density at radius 3 is 2.15 bits per heavy atom. The molecule has 0 saturated heterocycles. The van der Waals surface area contributed by atoms with Crippen molar-refractivity contribution in [1.29, 1.82) is 0 Å². The van der Waals surface area contributed by atoms with Crippen LogP contribution in [-0.2, 0) is 4.74 Å². The smallest absolute Gasteiger partial charge is 0.338 e. The summed E-state index contributed by atoms with van der Waals surface area (Å²) in [5, 5.41) is 11.2. The first-order valence-corrected chi connectivity index (χ1v) is 9.26. The van der Waals surface area contributed by atoms with Crippen LogP contribution in [0.5, 0.6) is 0 Å². The third-order valence-electron chi connectivity index (χ3n) is 3.83. The normalized spacial score (nSPS) is 10.3. The Morgan fingerprint density at radius 2 is 1.63 bits per heavy atom. The first-order chi connectivity index (χ1) is 13.1. The highest BCUT2D eigenvalue weighted by Gasteiger charge is 2.16. The molecular weight excluding hydrogens is 344 g/mol. The van der Waals surface area contributed by atoms with Gasteiger partial charge in [0.15, 0.2) is 11.5 Å². The van der Waals surface area contributed by atoms with Crippen LogP contribution in [0, 0.1) is 0 Å². The zero-order chi connectivity index (χ0) is 19.6. The van der Waals surface area contributed by atoms with Crippen molar-refractivity contribution in [2.75, 3.05) is 25.0 Å². The van der Waals surface area contributed by atoms with Crippen molar-refractivity contribution < 1.29 is 14.3 Å². The quantitative estimate of drug-likeness (QED) is 0.678. The third-order valence-corrected chi connectivity index (χ3v) is 3.83. The van der Waals surface area contributed by atoms with Crippen molar-refractivity contribution in [2.45, 2.75) is 33.6 Å². The summed E-state index contributed by atoms with van der Waals surface area (Å²) in [4.78, 5) is 26.0. The van der Waals surface area contributed by atoms with Crippen LogP contribution < -0.4 is 5.32 Å². The Labute approximate surface area is 159 Å². The van der Waals surface area contributed by atoms with Gasteiger partial charge in [0.05, 0.1) is 12.2 Å². The summed E-state index contributed by atoms with van der Waals surface area (Å²) in [5.74, 6) is 0.0694. The van der Waals surface area contributed by atoms with Crippen molar-refractivity contribution in [3.63, 3.8) is 0 Å². The zero-order valence-electron chi connectivity index (χ0n) is 16.1. The topological polar surface area (TPSA) is 84.4 Å². The number of amides is 1. The van der Waals surface area contributed by atoms with Crippen LogP contribution in [0.1, 0.15) is 54.5 Å². The van der Waals surface area contributed by atoms with Gasteiger partial charge in [-0.15, -0.1) is 10.2 Å². The van der Waals surface area contributed by atoms with E-state index >= 15 is 0 Å². The third kappa shape index (κ3) is 5.77. The first kappa shape index (κ1) is 20.4. The molecular formula is C20H26N4O3. The zero-order valence-corrected chi connectivity index (χ0v) is 16.1. The lowest BCUT2D eigenvalue weighted by molar-refractivity contribution is 0.0526. The van der Waals surface area contributed by atoms with E-state index in [4.69, 9.17) is 4.74 Å². The number of nitrogens with one attached hydrogen (secondary N) is 1. The van der Waals surface area contributed by atoms with Gasteiger partial charge in [0.1, 0.15) is 0 Å². The number of anilines is 2. The predicted octanol–water partition coefficient (Wildman–Crippen LogP) is 3.66. The maximum Gasteiger partial charge on any atom is 0.338 e. The Kier molecular flexibility index (Phi) is 7.73. The second kappa shape index (κ2) is 10.3. The number of hydrogen-bond donors (Lipinski definition) is 1. The lowest BCUT2D eigenvalue weighted by Crippen LogP contribution is -2.33. The van der Waals surface area contributed by atoms with Crippen molar-refractivity contribution >= 4 is 23.4 Å². The average Bonchev–Trinajstić information content (AvgIpc) is 2.68. The van der Waals surface area contributed by atoms with Crippen LogP contribution in [-0.4, -0.2) is 46.7 Å². The van der Waals surface area contributed by atoms with Gasteiger partial charge in [-0.25, -0.2) is 4.79 Å². The molecule has 0 aliphatic heterocycles. The van der Waals surface area contributed by atoms with Crippen LogP contribution >= 0.6 is 0 Å². The minimum atomic E-state index is -0.351. The Morgan fingerprint density at radius 1 is 0.963 bits per heavy atom. The fourth-order valence-corrected chi connectivity index (χ4v) is 2.58. The molecule has 144 valence electrons. The van der Waals surface area contributed by atoms with E-state index in [1.54, 1.807) is 48.2 Å². The van der Waals surface area contributed by atoms with Crippen molar-refractivity contribution in [2.24, 2.45) is 0 Å². The average molecular weight is 370 g/mol. The van der Waals surface area contributed by atoms with Crippen molar-refractivity contribution in [3.8, 4) is 0 Å². The SMILES string of the molecule is CCCN(CCC)C(=O)c1ccc(Nc2ccc(C(=O)OCC)cc2)nn1. The molecule has 1 aromatic heterocycles. The van der Waals surface area contributed by atoms with E-state index in [9.17, 15) is 9.59 Å². The fourth-order valence-electron chi connectivity index (χ4n) is 2.58. The van der Waals surface area contributed by atoms with Gasteiger partial charge in [0.25, 0.3) is 5.91 Å². The lowest BCUT2D eigenvalue weighted by Gasteiger charge is -2.20. The number of rotatable bonds is 9. The number of carbonyl (C=O) groups is 2. The van der Waals surface area contributed by atoms with Crippen LogP contribution in [0.4, 0.5) is 11.5 Å². The standard InChI is InChI=1S/C20H26N4O3/c1-4-13-24(14-5-2)19(25)17-11-12-18(23-22-17)21-16-9-7-15(8-10-16)20(26)27-6-3/h7-12H,4-6,13-14H2,1-3H3,(H,21,23). The molecule has 1 heterocycles. The van der Waals surface area contributed by atoms with E-state index in [1.807, 2.05) is 13.8 Å².